The van der Waals surface area contributed by atoms with Crippen molar-refractivity contribution in [3.63, 3.8) is 0 Å². The number of rotatable bonds is 14. The van der Waals surface area contributed by atoms with Crippen LogP contribution in [0.3, 0.4) is 0 Å². The second-order valence-corrected chi connectivity index (χ2v) is 16.5. The van der Waals surface area contributed by atoms with E-state index in [9.17, 15) is 0 Å². The third-order valence-electron chi connectivity index (χ3n) is 5.62. The van der Waals surface area contributed by atoms with E-state index in [0.717, 1.165) is 37.7 Å². The van der Waals surface area contributed by atoms with Gasteiger partial charge in [-0.2, -0.15) is 11.8 Å². The smallest absolute Gasteiger partial charge is 0.0279 e. The Morgan fingerprint density at radius 2 is 0.795 bits per heavy atom. The van der Waals surface area contributed by atoms with Crippen LogP contribution in [0.25, 0.3) is 0 Å². The van der Waals surface area contributed by atoms with Crippen LogP contribution in [0.15, 0.2) is 131 Å². The highest BCUT2D eigenvalue weighted by Gasteiger charge is 2.16. The van der Waals surface area contributed by atoms with E-state index in [4.69, 9.17) is 0 Å². The number of aryl methyl sites for hydroxylation is 1. The minimum Gasteiger partial charge on any atom is -0.160 e. The van der Waals surface area contributed by atoms with E-state index in [1.165, 1.54) is 25.1 Å². The fourth-order valence-corrected chi connectivity index (χ4v) is 10.3. The second kappa shape index (κ2) is 17.0. The maximum absolute atomic E-state index is 4.47. The maximum atomic E-state index is 4.47. The molecule has 0 spiro atoms. The molecule has 0 saturated carbocycles. The number of thioether (sulfide) groups is 5. The molecule has 0 aliphatic rings. The van der Waals surface area contributed by atoms with Gasteiger partial charge < -0.3 is 0 Å². The number of hydrogen-bond acceptors (Lipinski definition) is 8. The standard InChI is InChI=1S/C31H32S8/c1-22-2-10-26(11-3-22)36-20-30(38-28-14-6-24(33)7-15-28)18-35-19-31(39-29-16-8-25(34)9-17-29)21-37-27-12-4-23(32)5-13-27/h2-17,30-34H,18-21H2,1H3. The third-order valence-corrected chi connectivity index (χ3v) is 13.4. The van der Waals surface area contributed by atoms with Crippen molar-refractivity contribution in [3.05, 3.63) is 103 Å². The monoisotopic (exact) mass is 660 g/mol. The Labute approximate surface area is 271 Å². The summed E-state index contributed by atoms with van der Waals surface area (Å²) in [5.41, 5.74) is 1.31. The van der Waals surface area contributed by atoms with E-state index in [1.807, 2.05) is 47.0 Å². The molecule has 0 heterocycles. The van der Waals surface area contributed by atoms with Crippen molar-refractivity contribution >= 4 is 96.7 Å². The summed E-state index contributed by atoms with van der Waals surface area (Å²) in [5.74, 6) is 4.35. The third kappa shape index (κ3) is 11.8. The first-order valence-corrected chi connectivity index (χ1v) is 18.8. The van der Waals surface area contributed by atoms with Crippen LogP contribution in [0.4, 0.5) is 0 Å². The molecule has 0 aliphatic heterocycles. The summed E-state index contributed by atoms with van der Waals surface area (Å²) in [6, 6.07) is 34.5. The van der Waals surface area contributed by atoms with E-state index < -0.39 is 0 Å². The summed E-state index contributed by atoms with van der Waals surface area (Å²) in [4.78, 5) is 8.26. The van der Waals surface area contributed by atoms with Crippen molar-refractivity contribution in [2.24, 2.45) is 0 Å². The van der Waals surface area contributed by atoms with Gasteiger partial charge in [0.15, 0.2) is 0 Å². The van der Waals surface area contributed by atoms with Crippen molar-refractivity contribution in [2.75, 3.05) is 23.0 Å². The van der Waals surface area contributed by atoms with Gasteiger partial charge in [-0.05, 0) is 91.9 Å². The Bertz CT molecular complexity index is 1160. The van der Waals surface area contributed by atoms with Gasteiger partial charge in [0, 0.05) is 67.8 Å². The number of hydrogen-bond donors (Lipinski definition) is 3. The largest absolute Gasteiger partial charge is 0.160 e. The summed E-state index contributed by atoms with van der Waals surface area (Å²) in [6.07, 6.45) is 0. The van der Waals surface area contributed by atoms with Gasteiger partial charge >= 0.3 is 0 Å². The number of benzene rings is 4. The van der Waals surface area contributed by atoms with Crippen LogP contribution in [0.2, 0.25) is 0 Å². The predicted molar refractivity (Wildman–Crippen MR) is 190 cm³/mol. The summed E-state index contributed by atoms with van der Waals surface area (Å²) in [7, 11) is 0. The molecule has 4 rings (SSSR count). The highest BCUT2D eigenvalue weighted by atomic mass is 32.2. The van der Waals surface area contributed by atoms with Crippen molar-refractivity contribution in [3.8, 4) is 0 Å². The van der Waals surface area contributed by atoms with E-state index in [2.05, 4.69) is 154 Å². The molecule has 2 atom stereocenters. The average molecular weight is 661 g/mol. The van der Waals surface area contributed by atoms with Crippen LogP contribution in [0.5, 0.6) is 0 Å². The molecule has 0 N–H and O–H groups in total. The van der Waals surface area contributed by atoms with Crippen LogP contribution < -0.4 is 0 Å². The van der Waals surface area contributed by atoms with Crippen LogP contribution in [0, 0.1) is 6.92 Å². The summed E-state index contributed by atoms with van der Waals surface area (Å²) < 4.78 is 0. The first-order chi connectivity index (χ1) is 18.9. The van der Waals surface area contributed by atoms with Gasteiger partial charge in [0.25, 0.3) is 0 Å². The molecule has 0 aliphatic carbocycles. The second-order valence-electron chi connectivity index (χ2n) is 8.93. The minimum atomic E-state index is 0.500. The van der Waals surface area contributed by atoms with Crippen molar-refractivity contribution < 1.29 is 0 Å². The SMILES string of the molecule is Cc1ccc(SCC(CSCC(CSc2ccc(S)cc2)Sc2ccc(S)cc2)Sc2ccc(S)cc2)cc1. The molecule has 0 nitrogen and oxygen atoms in total. The first kappa shape index (κ1) is 31.6. The van der Waals surface area contributed by atoms with Gasteiger partial charge in [0.05, 0.1) is 0 Å². The van der Waals surface area contributed by atoms with E-state index in [0.29, 0.717) is 10.5 Å². The van der Waals surface area contributed by atoms with Gasteiger partial charge in [-0.25, -0.2) is 0 Å². The quantitative estimate of drug-likeness (QED) is 0.0907. The van der Waals surface area contributed by atoms with E-state index >= 15 is 0 Å². The molecule has 0 radical (unpaired) electrons. The molecule has 4 aromatic carbocycles. The Morgan fingerprint density at radius 1 is 0.462 bits per heavy atom. The van der Waals surface area contributed by atoms with Gasteiger partial charge in [-0.3, -0.25) is 0 Å². The maximum Gasteiger partial charge on any atom is 0.0279 e. The predicted octanol–water partition coefficient (Wildman–Crippen LogP) is 10.8. The number of thiol groups is 3. The Morgan fingerprint density at radius 3 is 1.18 bits per heavy atom. The zero-order valence-electron chi connectivity index (χ0n) is 21.6. The fourth-order valence-electron chi connectivity index (χ4n) is 3.55. The molecule has 204 valence electrons. The average Bonchev–Trinajstić information content (AvgIpc) is 2.94. The lowest BCUT2D eigenvalue weighted by Crippen LogP contribution is -2.15. The molecular formula is C31H32S8. The van der Waals surface area contributed by atoms with Crippen LogP contribution in [-0.4, -0.2) is 33.5 Å². The lowest BCUT2D eigenvalue weighted by Gasteiger charge is -2.20. The molecule has 39 heavy (non-hydrogen) atoms. The van der Waals surface area contributed by atoms with Gasteiger partial charge in [0.1, 0.15) is 0 Å². The summed E-state index contributed by atoms with van der Waals surface area (Å²) in [6.45, 7) is 2.14. The van der Waals surface area contributed by atoms with E-state index in [1.54, 1.807) is 0 Å². The van der Waals surface area contributed by atoms with E-state index in [-0.39, 0.29) is 0 Å². The molecule has 0 saturated heterocycles. The van der Waals surface area contributed by atoms with Crippen molar-refractivity contribution in [2.45, 2.75) is 51.7 Å². The molecule has 2 unspecified atom stereocenters. The van der Waals surface area contributed by atoms with Crippen LogP contribution in [0.1, 0.15) is 5.56 Å². The zero-order valence-corrected chi connectivity index (χ0v) is 28.4. The molecule has 0 aromatic heterocycles. The molecule has 4 aromatic rings. The van der Waals surface area contributed by atoms with Crippen LogP contribution >= 0.6 is 96.7 Å². The summed E-state index contributed by atoms with van der Waals surface area (Å²) >= 11 is 23.3. The molecule has 0 fully saturated rings. The topological polar surface area (TPSA) is 0 Å². The lowest BCUT2D eigenvalue weighted by molar-refractivity contribution is 1.11. The summed E-state index contributed by atoms with van der Waals surface area (Å²) in [5, 5.41) is 1.01. The lowest BCUT2D eigenvalue weighted by atomic mass is 10.2. The molecule has 8 heteroatoms. The minimum absolute atomic E-state index is 0.500. The molecule has 0 amide bonds. The molecule has 0 bridgehead atoms. The first-order valence-electron chi connectivity index (χ1n) is 12.5. The van der Waals surface area contributed by atoms with Gasteiger partial charge in [-0.1, -0.05) is 17.7 Å². The zero-order chi connectivity index (χ0) is 27.5. The molecular weight excluding hydrogens is 629 g/mol. The van der Waals surface area contributed by atoms with Crippen molar-refractivity contribution in [1.82, 2.24) is 0 Å². The van der Waals surface area contributed by atoms with Crippen molar-refractivity contribution in [1.29, 1.82) is 0 Å². The Hall–Kier alpha value is -0.320. The highest BCUT2D eigenvalue weighted by molar-refractivity contribution is 8.07. The Balaban J connectivity index is 1.38. The van der Waals surface area contributed by atoms with Gasteiger partial charge in [-0.15, -0.1) is 84.9 Å². The Kier molecular flexibility index (Phi) is 13.7. The highest BCUT2D eigenvalue weighted by Crippen LogP contribution is 2.35. The fraction of sp³-hybridized carbons (Fsp3) is 0.226. The van der Waals surface area contributed by atoms with Gasteiger partial charge in [0.2, 0.25) is 0 Å². The van der Waals surface area contributed by atoms with Crippen LogP contribution in [-0.2, 0) is 0 Å². The normalized spacial score (nSPS) is 12.8.